The molecule has 2 atom stereocenters. The number of hydrogen-bond acceptors (Lipinski definition) is 3. The Labute approximate surface area is 106 Å². The summed E-state index contributed by atoms with van der Waals surface area (Å²) < 4.78 is 0. The number of hydrogen-bond donors (Lipinski definition) is 1. The van der Waals surface area contributed by atoms with Crippen LogP contribution < -0.4 is 5.32 Å². The molecule has 0 aromatic heterocycles. The smallest absolute Gasteiger partial charge is 0.0351 e. The van der Waals surface area contributed by atoms with Crippen LogP contribution in [0, 0.1) is 5.92 Å². The van der Waals surface area contributed by atoms with E-state index < -0.39 is 0 Å². The largest absolute Gasteiger partial charge is 0.314 e. The minimum absolute atomic E-state index is 0.773. The van der Waals surface area contributed by atoms with Gasteiger partial charge in [-0.25, -0.2) is 0 Å². The van der Waals surface area contributed by atoms with Crippen molar-refractivity contribution in [2.75, 3.05) is 39.8 Å². The summed E-state index contributed by atoms with van der Waals surface area (Å²) in [7, 11) is 2.31. The molecule has 0 spiro atoms. The van der Waals surface area contributed by atoms with Gasteiger partial charge in [0.25, 0.3) is 0 Å². The molecule has 3 nitrogen and oxygen atoms in total. The Hall–Kier alpha value is -0.120. The number of nitrogens with zero attached hydrogens (tertiary/aromatic N) is 2. The van der Waals surface area contributed by atoms with E-state index >= 15 is 0 Å². The van der Waals surface area contributed by atoms with Crippen LogP contribution in [0.25, 0.3) is 0 Å². The van der Waals surface area contributed by atoms with Crippen LogP contribution >= 0.6 is 0 Å². The number of likely N-dealkylation sites (N-methyl/N-ethyl adjacent to an activating group) is 1. The van der Waals surface area contributed by atoms with Crippen molar-refractivity contribution in [1.82, 2.24) is 15.1 Å². The first kappa shape index (κ1) is 11.9. The van der Waals surface area contributed by atoms with Gasteiger partial charge < -0.3 is 10.2 Å². The van der Waals surface area contributed by atoms with E-state index in [4.69, 9.17) is 0 Å². The Balaban J connectivity index is 1.71. The molecule has 2 saturated heterocycles. The molecule has 3 fully saturated rings. The van der Waals surface area contributed by atoms with Crippen molar-refractivity contribution in [3.63, 3.8) is 0 Å². The summed E-state index contributed by atoms with van der Waals surface area (Å²) in [4.78, 5) is 5.40. The summed E-state index contributed by atoms with van der Waals surface area (Å²) in [6.45, 7) is 6.24. The van der Waals surface area contributed by atoms with Gasteiger partial charge in [0.2, 0.25) is 0 Å². The van der Waals surface area contributed by atoms with Gasteiger partial charge in [0.15, 0.2) is 0 Å². The highest BCUT2D eigenvalue weighted by molar-refractivity contribution is 4.95. The van der Waals surface area contributed by atoms with E-state index in [0.717, 1.165) is 18.0 Å². The summed E-state index contributed by atoms with van der Waals surface area (Å²) in [6.07, 6.45) is 7.39. The topological polar surface area (TPSA) is 18.5 Å². The van der Waals surface area contributed by atoms with Crippen LogP contribution in [0.1, 0.15) is 32.1 Å². The molecule has 3 rings (SSSR count). The maximum absolute atomic E-state index is 3.56. The molecule has 0 amide bonds. The van der Waals surface area contributed by atoms with Crippen molar-refractivity contribution in [1.29, 1.82) is 0 Å². The van der Waals surface area contributed by atoms with E-state index in [0.29, 0.717) is 0 Å². The minimum Gasteiger partial charge on any atom is -0.314 e. The van der Waals surface area contributed by atoms with Crippen LogP contribution in [0.4, 0.5) is 0 Å². The normalized spacial score (nSPS) is 37.9. The molecule has 1 N–H and O–H groups in total. The molecule has 3 heteroatoms. The third-order valence-electron chi connectivity index (χ3n) is 5.04. The average Bonchev–Trinajstić information content (AvgIpc) is 2.39. The highest BCUT2D eigenvalue weighted by Gasteiger charge is 2.38. The first-order chi connectivity index (χ1) is 8.34. The zero-order chi connectivity index (χ0) is 11.7. The lowest BCUT2D eigenvalue weighted by molar-refractivity contribution is -0.0136. The predicted molar refractivity (Wildman–Crippen MR) is 71.2 cm³/mol. The lowest BCUT2D eigenvalue weighted by Gasteiger charge is -2.51. The molecule has 0 aromatic rings. The van der Waals surface area contributed by atoms with Gasteiger partial charge in [0.1, 0.15) is 0 Å². The third kappa shape index (κ3) is 2.51. The number of piperazine rings is 2. The Morgan fingerprint density at radius 2 is 1.88 bits per heavy atom. The van der Waals surface area contributed by atoms with Gasteiger partial charge in [-0.2, -0.15) is 0 Å². The standard InChI is InChI=1S/C14H27N3/c1-16-10-13-9-15-7-8-17(13)14(11-16)12-5-3-2-4-6-12/h12-15H,2-11H2,1H3. The van der Waals surface area contributed by atoms with Crippen LogP contribution in [0.15, 0.2) is 0 Å². The van der Waals surface area contributed by atoms with Crippen LogP contribution in [-0.2, 0) is 0 Å². The second-order valence-electron chi connectivity index (χ2n) is 6.28. The molecule has 98 valence electrons. The van der Waals surface area contributed by atoms with Crippen molar-refractivity contribution in [3.05, 3.63) is 0 Å². The van der Waals surface area contributed by atoms with Crippen molar-refractivity contribution in [3.8, 4) is 0 Å². The van der Waals surface area contributed by atoms with Crippen molar-refractivity contribution in [2.24, 2.45) is 5.92 Å². The number of nitrogens with one attached hydrogen (secondary N) is 1. The molecule has 2 aliphatic heterocycles. The monoisotopic (exact) mass is 237 g/mol. The molecule has 2 unspecified atom stereocenters. The zero-order valence-electron chi connectivity index (χ0n) is 11.2. The summed E-state index contributed by atoms with van der Waals surface area (Å²) in [6, 6.07) is 1.62. The molecule has 0 radical (unpaired) electrons. The number of rotatable bonds is 1. The Morgan fingerprint density at radius 3 is 2.71 bits per heavy atom. The fourth-order valence-corrected chi connectivity index (χ4v) is 4.18. The van der Waals surface area contributed by atoms with Crippen molar-refractivity contribution in [2.45, 2.75) is 44.2 Å². The van der Waals surface area contributed by atoms with E-state index in [2.05, 4.69) is 22.2 Å². The summed E-state index contributed by atoms with van der Waals surface area (Å²) >= 11 is 0. The molecular weight excluding hydrogens is 210 g/mol. The second-order valence-corrected chi connectivity index (χ2v) is 6.28. The molecule has 1 saturated carbocycles. The molecule has 0 bridgehead atoms. The molecule has 17 heavy (non-hydrogen) atoms. The van der Waals surface area contributed by atoms with Crippen LogP contribution in [-0.4, -0.2) is 61.7 Å². The maximum atomic E-state index is 3.56. The lowest BCUT2D eigenvalue weighted by Crippen LogP contribution is -2.66. The molecule has 2 heterocycles. The second kappa shape index (κ2) is 5.25. The molecule has 3 aliphatic rings. The van der Waals surface area contributed by atoms with Crippen molar-refractivity contribution >= 4 is 0 Å². The van der Waals surface area contributed by atoms with Gasteiger partial charge in [0.05, 0.1) is 0 Å². The fraction of sp³-hybridized carbons (Fsp3) is 1.00. The molecule has 0 aromatic carbocycles. The quantitative estimate of drug-likeness (QED) is 0.738. The van der Waals surface area contributed by atoms with E-state index in [1.54, 1.807) is 0 Å². The first-order valence-corrected chi connectivity index (χ1v) is 7.49. The Morgan fingerprint density at radius 1 is 1.06 bits per heavy atom. The molecule has 1 aliphatic carbocycles. The fourth-order valence-electron chi connectivity index (χ4n) is 4.18. The summed E-state index contributed by atoms with van der Waals surface area (Å²) in [5.41, 5.74) is 0. The average molecular weight is 237 g/mol. The van der Waals surface area contributed by atoms with Gasteiger partial charge in [-0.1, -0.05) is 19.3 Å². The van der Waals surface area contributed by atoms with Gasteiger partial charge in [-0.3, -0.25) is 4.90 Å². The van der Waals surface area contributed by atoms with Crippen LogP contribution in [0.3, 0.4) is 0 Å². The van der Waals surface area contributed by atoms with Gasteiger partial charge in [-0.15, -0.1) is 0 Å². The molecular formula is C14H27N3. The van der Waals surface area contributed by atoms with E-state index in [1.165, 1.54) is 64.8 Å². The van der Waals surface area contributed by atoms with E-state index in [9.17, 15) is 0 Å². The van der Waals surface area contributed by atoms with Crippen LogP contribution in [0.2, 0.25) is 0 Å². The minimum atomic E-state index is 0.773. The Kier molecular flexibility index (Phi) is 3.69. The van der Waals surface area contributed by atoms with E-state index in [1.807, 2.05) is 0 Å². The highest BCUT2D eigenvalue weighted by Crippen LogP contribution is 2.32. The SMILES string of the molecule is CN1CC2CNCCN2C(C2CCCCC2)C1. The summed E-state index contributed by atoms with van der Waals surface area (Å²) in [5, 5.41) is 3.56. The summed E-state index contributed by atoms with van der Waals surface area (Å²) in [5.74, 6) is 0.979. The zero-order valence-corrected chi connectivity index (χ0v) is 11.2. The lowest BCUT2D eigenvalue weighted by atomic mass is 9.81. The third-order valence-corrected chi connectivity index (χ3v) is 5.04. The number of fused-ring (bicyclic) bond motifs is 1. The predicted octanol–water partition coefficient (Wildman–Crippen LogP) is 1.15. The van der Waals surface area contributed by atoms with Gasteiger partial charge >= 0.3 is 0 Å². The Bertz CT molecular complexity index is 250. The van der Waals surface area contributed by atoms with E-state index in [-0.39, 0.29) is 0 Å². The van der Waals surface area contributed by atoms with Gasteiger partial charge in [-0.05, 0) is 25.8 Å². The van der Waals surface area contributed by atoms with Crippen LogP contribution in [0.5, 0.6) is 0 Å². The first-order valence-electron chi connectivity index (χ1n) is 7.49. The highest BCUT2D eigenvalue weighted by atomic mass is 15.3. The maximum Gasteiger partial charge on any atom is 0.0351 e. The van der Waals surface area contributed by atoms with Crippen molar-refractivity contribution < 1.29 is 0 Å². The van der Waals surface area contributed by atoms with Gasteiger partial charge in [0, 0.05) is 44.8 Å².